The number of hydrogen-bond donors (Lipinski definition) is 1. The Labute approximate surface area is 126 Å². The van der Waals surface area contributed by atoms with Crippen LogP contribution in [-0.4, -0.2) is 42.1 Å². The van der Waals surface area contributed by atoms with Crippen LogP contribution in [0.4, 0.5) is 5.69 Å². The molecule has 0 radical (unpaired) electrons. The molecule has 1 unspecified atom stereocenters. The van der Waals surface area contributed by atoms with Gasteiger partial charge < -0.3 is 14.9 Å². The number of rotatable bonds is 3. The molecule has 0 spiro atoms. The highest BCUT2D eigenvalue weighted by atomic mass is 16.3. The summed E-state index contributed by atoms with van der Waals surface area (Å²) < 4.78 is 0. The van der Waals surface area contributed by atoms with E-state index in [1.54, 1.807) is 6.92 Å². The standard InChI is InChI=1S/C17H24N2O2/c1-13(20)19-10-4-5-14-11-15(6-7-16(14)19)17(21)12-18-8-2-3-9-18/h6-7,11,17,21H,2-5,8-10,12H2,1H3. The van der Waals surface area contributed by atoms with E-state index in [0.29, 0.717) is 0 Å². The van der Waals surface area contributed by atoms with Gasteiger partial charge in [0.1, 0.15) is 0 Å². The van der Waals surface area contributed by atoms with Gasteiger partial charge >= 0.3 is 0 Å². The summed E-state index contributed by atoms with van der Waals surface area (Å²) in [6.45, 7) is 5.33. The third-order valence-electron chi connectivity index (χ3n) is 4.62. The largest absolute Gasteiger partial charge is 0.387 e. The smallest absolute Gasteiger partial charge is 0.223 e. The van der Waals surface area contributed by atoms with Gasteiger partial charge in [0, 0.05) is 25.7 Å². The fourth-order valence-electron chi connectivity index (χ4n) is 3.47. The predicted molar refractivity (Wildman–Crippen MR) is 83.4 cm³/mol. The van der Waals surface area contributed by atoms with Gasteiger partial charge in [-0.1, -0.05) is 12.1 Å². The molecular formula is C17H24N2O2. The molecule has 21 heavy (non-hydrogen) atoms. The van der Waals surface area contributed by atoms with Crippen LogP contribution >= 0.6 is 0 Å². The Hall–Kier alpha value is -1.39. The van der Waals surface area contributed by atoms with E-state index in [9.17, 15) is 9.90 Å². The molecule has 1 saturated heterocycles. The number of benzene rings is 1. The number of aliphatic hydroxyl groups excluding tert-OH is 1. The van der Waals surface area contributed by atoms with Crippen molar-refractivity contribution in [3.8, 4) is 0 Å². The first-order valence-electron chi connectivity index (χ1n) is 7.96. The zero-order chi connectivity index (χ0) is 14.8. The highest BCUT2D eigenvalue weighted by Gasteiger charge is 2.22. The molecule has 1 atom stereocenters. The summed E-state index contributed by atoms with van der Waals surface area (Å²) in [7, 11) is 0. The Balaban J connectivity index is 1.77. The van der Waals surface area contributed by atoms with E-state index >= 15 is 0 Å². The molecule has 1 N–H and O–H groups in total. The third-order valence-corrected chi connectivity index (χ3v) is 4.62. The normalized spacial score (nSPS) is 20.4. The Morgan fingerprint density at radius 2 is 2.00 bits per heavy atom. The minimum absolute atomic E-state index is 0.0984. The van der Waals surface area contributed by atoms with Gasteiger partial charge in [0.15, 0.2) is 0 Å². The lowest BCUT2D eigenvalue weighted by Crippen LogP contribution is -2.33. The molecule has 2 heterocycles. The van der Waals surface area contributed by atoms with Gasteiger partial charge in [0.25, 0.3) is 0 Å². The van der Waals surface area contributed by atoms with Gasteiger partial charge in [-0.3, -0.25) is 4.79 Å². The van der Waals surface area contributed by atoms with E-state index in [1.165, 1.54) is 18.4 Å². The maximum Gasteiger partial charge on any atom is 0.223 e. The van der Waals surface area contributed by atoms with Crippen molar-refractivity contribution < 1.29 is 9.90 Å². The molecule has 2 aliphatic heterocycles. The molecule has 4 heteroatoms. The van der Waals surface area contributed by atoms with E-state index in [-0.39, 0.29) is 5.91 Å². The summed E-state index contributed by atoms with van der Waals surface area (Å²) in [5.74, 6) is 0.0984. The first kappa shape index (κ1) is 14.5. The summed E-state index contributed by atoms with van der Waals surface area (Å²) >= 11 is 0. The molecule has 4 nitrogen and oxygen atoms in total. The second-order valence-corrected chi connectivity index (χ2v) is 6.19. The summed E-state index contributed by atoms with van der Waals surface area (Å²) in [4.78, 5) is 15.8. The summed E-state index contributed by atoms with van der Waals surface area (Å²) in [6, 6.07) is 6.06. The number of carbonyl (C=O) groups is 1. The van der Waals surface area contributed by atoms with Crippen molar-refractivity contribution in [3.63, 3.8) is 0 Å². The molecule has 0 aromatic heterocycles. The van der Waals surface area contributed by atoms with E-state index in [4.69, 9.17) is 0 Å². The minimum Gasteiger partial charge on any atom is -0.387 e. The topological polar surface area (TPSA) is 43.8 Å². The van der Waals surface area contributed by atoms with Crippen molar-refractivity contribution in [1.29, 1.82) is 0 Å². The molecule has 0 aliphatic carbocycles. The van der Waals surface area contributed by atoms with E-state index in [0.717, 1.165) is 50.3 Å². The monoisotopic (exact) mass is 288 g/mol. The Morgan fingerprint density at radius 1 is 1.24 bits per heavy atom. The van der Waals surface area contributed by atoms with Crippen molar-refractivity contribution in [2.75, 3.05) is 31.1 Å². The van der Waals surface area contributed by atoms with Crippen molar-refractivity contribution >= 4 is 11.6 Å². The lowest BCUT2D eigenvalue weighted by atomic mass is 9.97. The van der Waals surface area contributed by atoms with Gasteiger partial charge in [-0.05, 0) is 56.0 Å². The first-order valence-corrected chi connectivity index (χ1v) is 7.96. The molecule has 0 saturated carbocycles. The Kier molecular flexibility index (Phi) is 4.27. The van der Waals surface area contributed by atoms with E-state index < -0.39 is 6.10 Å². The maximum absolute atomic E-state index is 11.7. The molecule has 0 bridgehead atoms. The fraction of sp³-hybridized carbons (Fsp3) is 0.588. The lowest BCUT2D eigenvalue weighted by Gasteiger charge is -2.29. The van der Waals surface area contributed by atoms with Crippen LogP contribution in [0.3, 0.4) is 0 Å². The molecule has 3 rings (SSSR count). The molecule has 1 aromatic carbocycles. The number of nitrogens with zero attached hydrogens (tertiary/aromatic N) is 2. The zero-order valence-corrected chi connectivity index (χ0v) is 12.7. The lowest BCUT2D eigenvalue weighted by molar-refractivity contribution is -0.116. The number of carbonyl (C=O) groups excluding carboxylic acids is 1. The molecule has 1 fully saturated rings. The fourth-order valence-corrected chi connectivity index (χ4v) is 3.47. The Morgan fingerprint density at radius 3 is 2.71 bits per heavy atom. The van der Waals surface area contributed by atoms with Crippen molar-refractivity contribution in [1.82, 2.24) is 4.90 Å². The predicted octanol–water partition coefficient (Wildman–Crippen LogP) is 2.11. The molecule has 114 valence electrons. The average Bonchev–Trinajstić information content (AvgIpc) is 2.98. The minimum atomic E-state index is -0.430. The number of likely N-dealkylation sites (tertiary alicyclic amines) is 1. The van der Waals surface area contributed by atoms with Crippen LogP contribution in [0.25, 0.3) is 0 Å². The number of hydrogen-bond acceptors (Lipinski definition) is 3. The zero-order valence-electron chi connectivity index (χ0n) is 12.7. The number of β-amino-alcohol motifs (C(OH)–C–C–N with tert-alkyl or cyclic N) is 1. The van der Waals surface area contributed by atoms with E-state index in [1.807, 2.05) is 17.0 Å². The van der Waals surface area contributed by atoms with Crippen LogP contribution in [0.15, 0.2) is 18.2 Å². The number of aliphatic hydroxyl groups is 1. The second-order valence-electron chi connectivity index (χ2n) is 6.19. The number of fused-ring (bicyclic) bond motifs is 1. The summed E-state index contributed by atoms with van der Waals surface area (Å²) in [6.07, 6.45) is 4.04. The van der Waals surface area contributed by atoms with Crippen molar-refractivity contribution in [2.45, 2.75) is 38.7 Å². The van der Waals surface area contributed by atoms with Crippen LogP contribution in [0.5, 0.6) is 0 Å². The van der Waals surface area contributed by atoms with E-state index in [2.05, 4.69) is 11.0 Å². The first-order chi connectivity index (χ1) is 10.1. The highest BCUT2D eigenvalue weighted by Crippen LogP contribution is 2.30. The van der Waals surface area contributed by atoms with Gasteiger partial charge in [-0.2, -0.15) is 0 Å². The molecule has 1 aromatic rings. The highest BCUT2D eigenvalue weighted by molar-refractivity contribution is 5.92. The average molecular weight is 288 g/mol. The van der Waals surface area contributed by atoms with Gasteiger partial charge in [-0.15, -0.1) is 0 Å². The summed E-state index contributed by atoms with van der Waals surface area (Å²) in [5, 5.41) is 10.4. The van der Waals surface area contributed by atoms with Crippen molar-refractivity contribution in [3.05, 3.63) is 29.3 Å². The summed E-state index contributed by atoms with van der Waals surface area (Å²) in [5.41, 5.74) is 3.19. The van der Waals surface area contributed by atoms with Crippen molar-refractivity contribution in [2.24, 2.45) is 0 Å². The van der Waals surface area contributed by atoms with Crippen LogP contribution in [0, 0.1) is 0 Å². The van der Waals surface area contributed by atoms with Crippen LogP contribution < -0.4 is 4.90 Å². The SMILES string of the molecule is CC(=O)N1CCCc2cc(C(O)CN3CCCC3)ccc21. The number of amides is 1. The van der Waals surface area contributed by atoms with Crippen LogP contribution in [0.1, 0.15) is 43.4 Å². The molecule has 1 amide bonds. The quantitative estimate of drug-likeness (QED) is 0.926. The van der Waals surface area contributed by atoms with Crippen LogP contribution in [-0.2, 0) is 11.2 Å². The maximum atomic E-state index is 11.7. The molecule has 2 aliphatic rings. The number of aryl methyl sites for hydroxylation is 1. The third kappa shape index (κ3) is 3.11. The number of anilines is 1. The second kappa shape index (κ2) is 6.16. The van der Waals surface area contributed by atoms with Crippen LogP contribution in [0.2, 0.25) is 0 Å². The molecular weight excluding hydrogens is 264 g/mol. The Bertz CT molecular complexity index is 524. The van der Waals surface area contributed by atoms with Gasteiger partial charge in [0.2, 0.25) is 5.91 Å². The van der Waals surface area contributed by atoms with Gasteiger partial charge in [0.05, 0.1) is 6.10 Å². The van der Waals surface area contributed by atoms with Gasteiger partial charge in [-0.25, -0.2) is 0 Å².